The minimum absolute atomic E-state index is 0.200. The minimum Gasteiger partial charge on any atom is -0.334 e. The zero-order valence-corrected chi connectivity index (χ0v) is 11.5. The van der Waals surface area contributed by atoms with Crippen LogP contribution in [0.15, 0.2) is 24.4 Å². The highest BCUT2D eigenvalue weighted by atomic mass is 16.2. The molecule has 0 atom stereocenters. The molecular weight excluding hydrogens is 226 g/mol. The molecule has 1 heterocycles. The summed E-state index contributed by atoms with van der Waals surface area (Å²) >= 11 is 0. The van der Waals surface area contributed by atoms with Crippen molar-refractivity contribution >= 4 is 5.91 Å². The van der Waals surface area contributed by atoms with Crippen molar-refractivity contribution in [2.75, 3.05) is 13.6 Å². The van der Waals surface area contributed by atoms with E-state index in [0.717, 1.165) is 18.7 Å². The van der Waals surface area contributed by atoms with Crippen molar-refractivity contribution in [3.05, 3.63) is 30.1 Å². The summed E-state index contributed by atoms with van der Waals surface area (Å²) in [5.41, 5.74) is 0.938. The molecule has 4 heteroatoms. The molecule has 1 rings (SSSR count). The molecule has 0 spiro atoms. The third-order valence-corrected chi connectivity index (χ3v) is 2.82. The first-order chi connectivity index (χ1) is 8.65. The van der Waals surface area contributed by atoms with Gasteiger partial charge < -0.3 is 10.2 Å². The maximum absolute atomic E-state index is 12.1. The zero-order valence-electron chi connectivity index (χ0n) is 11.5. The largest absolute Gasteiger partial charge is 0.334 e. The lowest BCUT2D eigenvalue weighted by Gasteiger charge is -2.26. The molecule has 0 bridgehead atoms. The van der Waals surface area contributed by atoms with Gasteiger partial charge in [-0.1, -0.05) is 6.07 Å². The van der Waals surface area contributed by atoms with Crippen LogP contribution in [-0.4, -0.2) is 35.4 Å². The Morgan fingerprint density at radius 1 is 1.44 bits per heavy atom. The molecule has 18 heavy (non-hydrogen) atoms. The maximum atomic E-state index is 12.1. The fourth-order valence-corrected chi connectivity index (χ4v) is 1.78. The lowest BCUT2D eigenvalue weighted by atomic mass is 10.2. The lowest BCUT2D eigenvalue weighted by molar-refractivity contribution is -0.133. The van der Waals surface area contributed by atoms with E-state index in [-0.39, 0.29) is 11.9 Å². The van der Waals surface area contributed by atoms with Crippen molar-refractivity contribution < 1.29 is 4.79 Å². The van der Waals surface area contributed by atoms with Crippen molar-refractivity contribution in [3.8, 4) is 0 Å². The summed E-state index contributed by atoms with van der Waals surface area (Å²) in [6.45, 7) is 5.55. The Balaban J connectivity index is 2.57. The van der Waals surface area contributed by atoms with Crippen LogP contribution in [0.3, 0.4) is 0 Å². The van der Waals surface area contributed by atoms with Gasteiger partial charge in [-0.15, -0.1) is 0 Å². The molecule has 1 aromatic heterocycles. The summed E-state index contributed by atoms with van der Waals surface area (Å²) in [7, 11) is 1.90. The Labute approximate surface area is 109 Å². The standard InChI is InChI=1S/C14H23N3O/c1-12(2)17(14(18)8-6-9-15-3)11-13-7-4-5-10-16-13/h4-5,7,10,12,15H,6,8-9,11H2,1-3H3. The molecule has 0 saturated carbocycles. The molecule has 0 unspecified atom stereocenters. The van der Waals surface area contributed by atoms with Crippen LogP contribution in [0.1, 0.15) is 32.4 Å². The number of rotatable bonds is 7. The van der Waals surface area contributed by atoms with Crippen LogP contribution in [0.2, 0.25) is 0 Å². The average Bonchev–Trinajstić information content (AvgIpc) is 2.37. The highest BCUT2D eigenvalue weighted by Crippen LogP contribution is 2.09. The van der Waals surface area contributed by atoms with Crippen molar-refractivity contribution in [1.82, 2.24) is 15.2 Å². The van der Waals surface area contributed by atoms with Crippen LogP contribution in [0.5, 0.6) is 0 Å². The molecular formula is C14H23N3O. The van der Waals surface area contributed by atoms with Crippen molar-refractivity contribution in [2.24, 2.45) is 0 Å². The zero-order chi connectivity index (χ0) is 13.4. The van der Waals surface area contributed by atoms with Crippen molar-refractivity contribution in [3.63, 3.8) is 0 Å². The Bertz CT molecular complexity index is 351. The number of nitrogens with zero attached hydrogens (tertiary/aromatic N) is 2. The first-order valence-corrected chi connectivity index (χ1v) is 6.49. The molecule has 0 aliphatic heterocycles. The van der Waals surface area contributed by atoms with Gasteiger partial charge in [0.05, 0.1) is 12.2 Å². The van der Waals surface area contributed by atoms with Gasteiger partial charge in [0.15, 0.2) is 0 Å². The molecule has 4 nitrogen and oxygen atoms in total. The van der Waals surface area contributed by atoms with E-state index >= 15 is 0 Å². The van der Waals surface area contributed by atoms with Gasteiger partial charge in [0.25, 0.3) is 0 Å². The molecule has 1 aromatic rings. The molecule has 0 aliphatic carbocycles. The van der Waals surface area contributed by atoms with Crippen LogP contribution >= 0.6 is 0 Å². The predicted molar refractivity (Wildman–Crippen MR) is 73.1 cm³/mol. The van der Waals surface area contributed by atoms with Crippen LogP contribution in [0, 0.1) is 0 Å². The first-order valence-electron chi connectivity index (χ1n) is 6.49. The third kappa shape index (κ3) is 4.84. The van der Waals surface area contributed by atoms with Gasteiger partial charge in [0.2, 0.25) is 5.91 Å². The number of hydrogen-bond donors (Lipinski definition) is 1. The first kappa shape index (κ1) is 14.6. The van der Waals surface area contributed by atoms with Crippen LogP contribution in [-0.2, 0) is 11.3 Å². The Morgan fingerprint density at radius 2 is 2.22 bits per heavy atom. The summed E-state index contributed by atoms with van der Waals surface area (Å²) < 4.78 is 0. The Hall–Kier alpha value is -1.42. The highest BCUT2D eigenvalue weighted by Gasteiger charge is 2.16. The van der Waals surface area contributed by atoms with Crippen molar-refractivity contribution in [1.29, 1.82) is 0 Å². The normalized spacial score (nSPS) is 10.7. The van der Waals surface area contributed by atoms with E-state index in [1.807, 2.05) is 44.0 Å². The van der Waals surface area contributed by atoms with E-state index in [1.54, 1.807) is 6.20 Å². The number of carbonyl (C=O) groups excluding carboxylic acids is 1. The quantitative estimate of drug-likeness (QED) is 0.750. The summed E-state index contributed by atoms with van der Waals surface area (Å²) in [5.74, 6) is 0.200. The van der Waals surface area contributed by atoms with Gasteiger partial charge in [-0.3, -0.25) is 9.78 Å². The topological polar surface area (TPSA) is 45.2 Å². The number of pyridine rings is 1. The molecule has 0 fully saturated rings. The number of amides is 1. The number of nitrogens with one attached hydrogen (secondary N) is 1. The van der Waals surface area contributed by atoms with Gasteiger partial charge in [-0.05, 0) is 46.0 Å². The van der Waals surface area contributed by atoms with Gasteiger partial charge >= 0.3 is 0 Å². The van der Waals surface area contributed by atoms with E-state index < -0.39 is 0 Å². The predicted octanol–water partition coefficient (Wildman–Crippen LogP) is 1.82. The van der Waals surface area contributed by atoms with Crippen LogP contribution < -0.4 is 5.32 Å². The van der Waals surface area contributed by atoms with Gasteiger partial charge in [0, 0.05) is 18.7 Å². The van der Waals surface area contributed by atoms with E-state index in [9.17, 15) is 4.79 Å². The Morgan fingerprint density at radius 3 is 2.78 bits per heavy atom. The van der Waals surface area contributed by atoms with Crippen molar-refractivity contribution in [2.45, 2.75) is 39.3 Å². The van der Waals surface area contributed by atoms with Gasteiger partial charge in [0.1, 0.15) is 0 Å². The molecule has 0 saturated heterocycles. The van der Waals surface area contributed by atoms with E-state index in [4.69, 9.17) is 0 Å². The molecule has 100 valence electrons. The molecule has 1 amide bonds. The average molecular weight is 249 g/mol. The number of aromatic nitrogens is 1. The van der Waals surface area contributed by atoms with Gasteiger partial charge in [-0.2, -0.15) is 0 Å². The van der Waals surface area contributed by atoms with E-state index in [1.165, 1.54) is 0 Å². The maximum Gasteiger partial charge on any atom is 0.223 e. The van der Waals surface area contributed by atoms with E-state index in [2.05, 4.69) is 10.3 Å². The van der Waals surface area contributed by atoms with E-state index in [0.29, 0.717) is 13.0 Å². The fourth-order valence-electron chi connectivity index (χ4n) is 1.78. The SMILES string of the molecule is CNCCCC(=O)N(Cc1ccccn1)C(C)C. The molecule has 0 aliphatic rings. The molecule has 1 N–H and O–H groups in total. The highest BCUT2D eigenvalue weighted by molar-refractivity contribution is 5.76. The fraction of sp³-hybridized carbons (Fsp3) is 0.571. The monoisotopic (exact) mass is 249 g/mol. The molecule has 0 radical (unpaired) electrons. The Kier molecular flexibility index (Phi) is 6.36. The van der Waals surface area contributed by atoms with Crippen LogP contribution in [0.4, 0.5) is 0 Å². The third-order valence-electron chi connectivity index (χ3n) is 2.82. The van der Waals surface area contributed by atoms with Crippen LogP contribution in [0.25, 0.3) is 0 Å². The second kappa shape index (κ2) is 7.82. The summed E-state index contributed by atoms with van der Waals surface area (Å²) in [6, 6.07) is 6.00. The molecule has 0 aromatic carbocycles. The summed E-state index contributed by atoms with van der Waals surface area (Å²) in [6.07, 6.45) is 3.23. The number of carbonyl (C=O) groups is 1. The smallest absolute Gasteiger partial charge is 0.223 e. The van der Waals surface area contributed by atoms with Gasteiger partial charge in [-0.25, -0.2) is 0 Å². The summed E-state index contributed by atoms with van der Waals surface area (Å²) in [5, 5.41) is 3.06. The second-order valence-corrected chi connectivity index (χ2v) is 4.64. The summed E-state index contributed by atoms with van der Waals surface area (Å²) in [4.78, 5) is 18.3. The number of hydrogen-bond acceptors (Lipinski definition) is 3. The lowest BCUT2D eigenvalue weighted by Crippen LogP contribution is -2.36. The minimum atomic E-state index is 0.200. The second-order valence-electron chi connectivity index (χ2n) is 4.64.